The second-order valence-electron chi connectivity index (χ2n) is 6.21. The van der Waals surface area contributed by atoms with Crippen molar-refractivity contribution in [3.63, 3.8) is 0 Å². The molecule has 1 heterocycles. The van der Waals surface area contributed by atoms with E-state index in [1.54, 1.807) is 6.07 Å². The normalized spacial score (nSPS) is 30.4. The number of nitrogens with one attached hydrogen (secondary N) is 1. The van der Waals surface area contributed by atoms with Crippen LogP contribution in [0, 0.1) is 5.92 Å². The van der Waals surface area contributed by atoms with Gasteiger partial charge in [0, 0.05) is 17.7 Å². The van der Waals surface area contributed by atoms with Gasteiger partial charge in [-0.25, -0.2) is 0 Å². The van der Waals surface area contributed by atoms with Crippen LogP contribution in [0.5, 0.6) is 0 Å². The smallest absolute Gasteiger partial charge is 0.248 e. The SMILES string of the molecule is CC=C1[C@H]2C=C(C)C[C@]1(N(C)C)c1ccc(=O)[nH]c1C2. The van der Waals surface area contributed by atoms with Crippen molar-refractivity contribution in [1.82, 2.24) is 9.88 Å². The fourth-order valence-electron chi connectivity index (χ4n) is 4.12. The van der Waals surface area contributed by atoms with E-state index in [9.17, 15) is 4.79 Å². The molecule has 0 saturated carbocycles. The molecule has 3 heteroatoms. The predicted molar refractivity (Wildman–Crippen MR) is 81.8 cm³/mol. The van der Waals surface area contributed by atoms with Gasteiger partial charge in [0.05, 0.1) is 5.54 Å². The zero-order valence-electron chi connectivity index (χ0n) is 12.7. The summed E-state index contributed by atoms with van der Waals surface area (Å²) in [6.07, 6.45) is 6.53. The lowest BCUT2D eigenvalue weighted by Crippen LogP contribution is -2.50. The molecule has 2 aliphatic rings. The molecule has 0 spiro atoms. The maximum Gasteiger partial charge on any atom is 0.248 e. The molecule has 0 aromatic carbocycles. The third kappa shape index (κ3) is 1.66. The zero-order valence-corrected chi connectivity index (χ0v) is 12.7. The number of rotatable bonds is 1. The summed E-state index contributed by atoms with van der Waals surface area (Å²) in [6, 6.07) is 3.68. The predicted octanol–water partition coefficient (Wildman–Crippen LogP) is 2.60. The number of hydrogen-bond donors (Lipinski definition) is 1. The molecule has 2 aliphatic carbocycles. The Kier molecular flexibility index (Phi) is 2.98. The van der Waals surface area contributed by atoms with Crippen LogP contribution in [0.15, 0.2) is 40.2 Å². The average Bonchev–Trinajstić information content (AvgIpc) is 2.36. The Hall–Kier alpha value is -1.61. The molecule has 0 saturated heterocycles. The van der Waals surface area contributed by atoms with E-state index in [0.29, 0.717) is 5.92 Å². The second kappa shape index (κ2) is 4.45. The quantitative estimate of drug-likeness (QED) is 0.796. The maximum atomic E-state index is 11.7. The molecule has 1 aromatic rings. The van der Waals surface area contributed by atoms with Crippen LogP contribution in [0.2, 0.25) is 0 Å². The summed E-state index contributed by atoms with van der Waals surface area (Å²) >= 11 is 0. The minimum atomic E-state index is -0.101. The van der Waals surface area contributed by atoms with Crippen molar-refractivity contribution in [1.29, 1.82) is 0 Å². The Bertz CT molecular complexity index is 666. The third-order valence-electron chi connectivity index (χ3n) is 4.84. The Morgan fingerprint density at radius 2 is 2.15 bits per heavy atom. The minimum absolute atomic E-state index is 0.000333. The number of fused-ring (bicyclic) bond motifs is 4. The van der Waals surface area contributed by atoms with Gasteiger partial charge in [-0.15, -0.1) is 0 Å². The summed E-state index contributed by atoms with van der Waals surface area (Å²) in [5.41, 5.74) is 5.17. The number of H-pyrrole nitrogens is 1. The highest BCUT2D eigenvalue weighted by Gasteiger charge is 2.48. The van der Waals surface area contributed by atoms with Gasteiger partial charge >= 0.3 is 0 Å². The molecule has 0 radical (unpaired) electrons. The molecule has 2 bridgehead atoms. The maximum absolute atomic E-state index is 11.7. The molecule has 1 aromatic heterocycles. The van der Waals surface area contributed by atoms with Crippen molar-refractivity contribution in [3.8, 4) is 0 Å². The average molecular weight is 270 g/mol. The van der Waals surface area contributed by atoms with Gasteiger partial charge in [-0.3, -0.25) is 9.69 Å². The van der Waals surface area contributed by atoms with E-state index < -0.39 is 0 Å². The van der Waals surface area contributed by atoms with Gasteiger partial charge in [0.1, 0.15) is 0 Å². The van der Waals surface area contributed by atoms with E-state index in [-0.39, 0.29) is 11.1 Å². The van der Waals surface area contributed by atoms with Crippen LogP contribution in [0.25, 0.3) is 0 Å². The van der Waals surface area contributed by atoms with Gasteiger partial charge in [0.15, 0.2) is 0 Å². The summed E-state index contributed by atoms with van der Waals surface area (Å²) in [5, 5.41) is 0. The van der Waals surface area contributed by atoms with Crippen LogP contribution in [0.1, 0.15) is 31.5 Å². The van der Waals surface area contributed by atoms with Gasteiger partial charge in [-0.05, 0) is 58.0 Å². The highest BCUT2D eigenvalue weighted by atomic mass is 16.1. The first-order chi connectivity index (χ1) is 9.49. The number of hydrogen-bond acceptors (Lipinski definition) is 2. The molecule has 3 nitrogen and oxygen atoms in total. The van der Waals surface area contributed by atoms with Crippen molar-refractivity contribution >= 4 is 0 Å². The summed E-state index contributed by atoms with van der Waals surface area (Å²) in [6.45, 7) is 4.35. The lowest BCUT2D eigenvalue weighted by Gasteiger charge is -2.51. The summed E-state index contributed by atoms with van der Waals surface area (Å²) in [4.78, 5) is 17.0. The van der Waals surface area contributed by atoms with Crippen LogP contribution in [-0.2, 0) is 12.0 Å². The van der Waals surface area contributed by atoms with Gasteiger partial charge in [0.25, 0.3) is 0 Å². The first kappa shape index (κ1) is 13.4. The van der Waals surface area contributed by atoms with Crippen molar-refractivity contribution in [2.24, 2.45) is 5.92 Å². The van der Waals surface area contributed by atoms with Crippen molar-refractivity contribution in [2.75, 3.05) is 14.1 Å². The molecule has 0 amide bonds. The first-order valence-electron chi connectivity index (χ1n) is 7.23. The van der Waals surface area contributed by atoms with E-state index >= 15 is 0 Å². The van der Waals surface area contributed by atoms with Crippen LogP contribution in [0.3, 0.4) is 0 Å². The fourth-order valence-corrected chi connectivity index (χ4v) is 4.12. The van der Waals surface area contributed by atoms with E-state index in [0.717, 1.165) is 18.5 Å². The van der Waals surface area contributed by atoms with Gasteiger partial charge < -0.3 is 4.98 Å². The molecule has 1 N–H and O–H groups in total. The molecule has 0 unspecified atom stereocenters. The van der Waals surface area contributed by atoms with E-state index in [4.69, 9.17) is 0 Å². The summed E-state index contributed by atoms with van der Waals surface area (Å²) in [5.74, 6) is 0.404. The molecular weight excluding hydrogens is 248 g/mol. The van der Waals surface area contributed by atoms with Crippen molar-refractivity contribution < 1.29 is 0 Å². The van der Waals surface area contributed by atoms with Crippen LogP contribution in [0.4, 0.5) is 0 Å². The molecular formula is C17H22N2O. The van der Waals surface area contributed by atoms with Gasteiger partial charge in [-0.1, -0.05) is 17.7 Å². The van der Waals surface area contributed by atoms with Crippen LogP contribution < -0.4 is 5.56 Å². The Labute approximate surface area is 120 Å². The lowest BCUT2D eigenvalue weighted by molar-refractivity contribution is 0.162. The van der Waals surface area contributed by atoms with E-state index in [2.05, 4.69) is 50.0 Å². The summed E-state index contributed by atoms with van der Waals surface area (Å²) in [7, 11) is 4.28. The molecule has 20 heavy (non-hydrogen) atoms. The van der Waals surface area contributed by atoms with Crippen LogP contribution >= 0.6 is 0 Å². The molecule has 2 atom stereocenters. The Balaban J connectivity index is 2.34. The number of aromatic amines is 1. The molecule has 0 aliphatic heterocycles. The number of nitrogens with zero attached hydrogens (tertiary/aromatic N) is 1. The monoisotopic (exact) mass is 270 g/mol. The highest BCUT2D eigenvalue weighted by molar-refractivity contribution is 5.49. The van der Waals surface area contributed by atoms with E-state index in [1.807, 2.05) is 6.07 Å². The largest absolute Gasteiger partial charge is 0.326 e. The van der Waals surface area contributed by atoms with Gasteiger partial charge in [-0.2, -0.15) is 0 Å². The van der Waals surface area contributed by atoms with Gasteiger partial charge in [0.2, 0.25) is 5.56 Å². The Morgan fingerprint density at radius 3 is 2.80 bits per heavy atom. The number of aromatic nitrogens is 1. The van der Waals surface area contributed by atoms with Crippen molar-refractivity contribution in [2.45, 2.75) is 32.2 Å². The topological polar surface area (TPSA) is 36.1 Å². The molecule has 106 valence electrons. The standard InChI is InChI=1S/C17H22N2O/c1-5-13-12-8-11(2)10-17(13,19(3)4)14-6-7-16(20)18-15(14)9-12/h5-8,12H,9-10H2,1-4H3,(H,18,20)/t12-,17+/m0/s1. The van der Waals surface area contributed by atoms with Crippen LogP contribution in [-0.4, -0.2) is 24.0 Å². The third-order valence-corrected chi connectivity index (χ3v) is 4.84. The highest BCUT2D eigenvalue weighted by Crippen LogP contribution is 2.51. The number of allylic oxidation sites excluding steroid dienone is 2. The summed E-state index contributed by atoms with van der Waals surface area (Å²) < 4.78 is 0. The fraction of sp³-hybridized carbons (Fsp3) is 0.471. The molecule has 3 rings (SSSR count). The lowest BCUT2D eigenvalue weighted by atomic mass is 9.62. The number of pyridine rings is 1. The minimum Gasteiger partial charge on any atom is -0.326 e. The molecule has 0 fully saturated rings. The van der Waals surface area contributed by atoms with E-state index in [1.165, 1.54) is 16.7 Å². The first-order valence-corrected chi connectivity index (χ1v) is 7.23. The number of likely N-dealkylation sites (N-methyl/N-ethyl adjacent to an activating group) is 1. The van der Waals surface area contributed by atoms with Crippen molar-refractivity contribution in [3.05, 3.63) is 57.0 Å². The second-order valence-corrected chi connectivity index (χ2v) is 6.21. The zero-order chi connectivity index (χ0) is 14.5. The Morgan fingerprint density at radius 1 is 1.40 bits per heavy atom.